The van der Waals surface area contributed by atoms with Crippen molar-refractivity contribution >= 4 is 17.5 Å². The van der Waals surface area contributed by atoms with Gasteiger partial charge in [-0.2, -0.15) is 0 Å². The van der Waals surface area contributed by atoms with E-state index in [4.69, 9.17) is 16.1 Å². The third-order valence-electron chi connectivity index (χ3n) is 4.56. The topological polar surface area (TPSA) is 87.4 Å². The highest BCUT2D eigenvalue weighted by atomic mass is 35.5. The van der Waals surface area contributed by atoms with E-state index in [1.807, 2.05) is 12.1 Å². The minimum Gasteiger partial charge on any atom is -0.388 e. The first-order valence-corrected chi connectivity index (χ1v) is 8.80. The fourth-order valence-corrected chi connectivity index (χ4v) is 3.33. The number of rotatable bonds is 4. The van der Waals surface area contributed by atoms with Gasteiger partial charge in [0, 0.05) is 12.1 Å². The van der Waals surface area contributed by atoms with Crippen LogP contribution in [0.25, 0.3) is 11.3 Å². The Labute approximate surface area is 151 Å². The highest BCUT2D eigenvalue weighted by Crippen LogP contribution is 2.31. The van der Waals surface area contributed by atoms with Crippen LogP contribution in [0, 0.1) is 6.92 Å². The number of nitrogens with zero attached hydrogens (tertiary/aromatic N) is 1. The molecule has 1 aromatic heterocycles. The van der Waals surface area contributed by atoms with Gasteiger partial charge in [0.1, 0.15) is 17.0 Å². The zero-order chi connectivity index (χ0) is 17.9. The van der Waals surface area contributed by atoms with Crippen molar-refractivity contribution in [1.29, 1.82) is 0 Å². The van der Waals surface area contributed by atoms with Gasteiger partial charge in [-0.1, -0.05) is 35.0 Å². The van der Waals surface area contributed by atoms with Gasteiger partial charge in [0.05, 0.1) is 10.6 Å². The summed E-state index contributed by atoms with van der Waals surface area (Å²) in [5.74, 6) is 0.0984. The minimum atomic E-state index is -0.894. The second kappa shape index (κ2) is 7.56. The van der Waals surface area contributed by atoms with Crippen molar-refractivity contribution in [1.82, 2.24) is 15.8 Å². The monoisotopic (exact) mass is 363 g/mol. The average molecular weight is 364 g/mol. The Balaban J connectivity index is 1.79. The zero-order valence-electron chi connectivity index (χ0n) is 14.1. The molecule has 134 valence electrons. The van der Waals surface area contributed by atoms with Crippen LogP contribution in [-0.2, 0) is 0 Å². The average Bonchev–Trinajstić information content (AvgIpc) is 2.84. The number of hydrogen-bond donors (Lipinski definition) is 3. The van der Waals surface area contributed by atoms with E-state index in [1.165, 1.54) is 0 Å². The number of halogens is 1. The molecule has 0 spiro atoms. The standard InChI is InChI=1S/C18H22ClN3O3/c1-12-15(16(22-25-12)13-5-2-3-6-14(13)19)17(23)21-11-18(24)7-4-9-20-10-8-18/h2-3,5-6,20,24H,4,7-11H2,1H3,(H,21,23)/t18-/m0/s1. The number of aryl methyl sites for hydroxylation is 1. The number of nitrogens with one attached hydrogen (secondary N) is 2. The van der Waals surface area contributed by atoms with Gasteiger partial charge in [-0.05, 0) is 45.3 Å². The van der Waals surface area contributed by atoms with E-state index in [2.05, 4.69) is 15.8 Å². The molecule has 3 N–H and O–H groups in total. The molecule has 1 aliphatic rings. The molecule has 0 radical (unpaired) electrons. The quantitative estimate of drug-likeness (QED) is 0.777. The van der Waals surface area contributed by atoms with Gasteiger partial charge in [0.15, 0.2) is 0 Å². The van der Waals surface area contributed by atoms with Crippen LogP contribution in [0.15, 0.2) is 28.8 Å². The van der Waals surface area contributed by atoms with Gasteiger partial charge in [-0.3, -0.25) is 4.79 Å². The Bertz CT molecular complexity index is 752. The second-order valence-corrected chi connectivity index (χ2v) is 6.86. The molecular weight excluding hydrogens is 342 g/mol. The predicted octanol–water partition coefficient (Wildman–Crippen LogP) is 2.54. The van der Waals surface area contributed by atoms with Crippen molar-refractivity contribution in [2.75, 3.05) is 19.6 Å². The maximum absolute atomic E-state index is 12.7. The lowest BCUT2D eigenvalue weighted by Gasteiger charge is -2.26. The Morgan fingerprint density at radius 1 is 1.40 bits per heavy atom. The number of amides is 1. The third-order valence-corrected chi connectivity index (χ3v) is 4.89. The Kier molecular flexibility index (Phi) is 5.42. The molecule has 0 bridgehead atoms. The normalized spacial score (nSPS) is 20.9. The lowest BCUT2D eigenvalue weighted by molar-refractivity contribution is 0.0275. The van der Waals surface area contributed by atoms with Crippen LogP contribution < -0.4 is 10.6 Å². The largest absolute Gasteiger partial charge is 0.388 e. The SMILES string of the molecule is Cc1onc(-c2ccccc2Cl)c1C(=O)NC[C@]1(O)CCCNCC1. The minimum absolute atomic E-state index is 0.195. The molecular formula is C18H22ClN3O3. The molecule has 6 nitrogen and oxygen atoms in total. The van der Waals surface area contributed by atoms with Gasteiger partial charge in [0.25, 0.3) is 5.91 Å². The van der Waals surface area contributed by atoms with Crippen LogP contribution in [0.3, 0.4) is 0 Å². The van der Waals surface area contributed by atoms with Crippen LogP contribution >= 0.6 is 11.6 Å². The molecule has 1 atom stereocenters. The lowest BCUT2D eigenvalue weighted by Crippen LogP contribution is -2.43. The summed E-state index contributed by atoms with van der Waals surface area (Å²) >= 11 is 6.22. The van der Waals surface area contributed by atoms with Gasteiger partial charge in [-0.25, -0.2) is 0 Å². The summed E-state index contributed by atoms with van der Waals surface area (Å²) in [6.07, 6.45) is 2.14. The molecule has 1 saturated heterocycles. The maximum atomic E-state index is 12.7. The summed E-state index contributed by atoms with van der Waals surface area (Å²) < 4.78 is 5.22. The second-order valence-electron chi connectivity index (χ2n) is 6.45. The summed E-state index contributed by atoms with van der Waals surface area (Å²) in [6, 6.07) is 7.17. The molecule has 1 aromatic carbocycles. The summed E-state index contributed by atoms with van der Waals surface area (Å²) in [7, 11) is 0. The number of aliphatic hydroxyl groups is 1. The molecule has 0 unspecified atom stereocenters. The van der Waals surface area contributed by atoms with Crippen molar-refractivity contribution < 1.29 is 14.4 Å². The van der Waals surface area contributed by atoms with E-state index in [0.29, 0.717) is 40.4 Å². The van der Waals surface area contributed by atoms with Crippen LogP contribution in [0.1, 0.15) is 35.4 Å². The van der Waals surface area contributed by atoms with Gasteiger partial charge >= 0.3 is 0 Å². The summed E-state index contributed by atoms with van der Waals surface area (Å²) in [5, 5.41) is 21.3. The van der Waals surface area contributed by atoms with Crippen molar-refractivity contribution in [3.63, 3.8) is 0 Å². The molecule has 0 saturated carbocycles. The summed E-state index contributed by atoms with van der Waals surface area (Å²) in [4.78, 5) is 12.7. The van der Waals surface area contributed by atoms with Crippen molar-refractivity contribution in [3.8, 4) is 11.3 Å². The number of aromatic nitrogens is 1. The van der Waals surface area contributed by atoms with Gasteiger partial charge < -0.3 is 20.3 Å². The molecule has 1 aliphatic heterocycles. The summed E-state index contributed by atoms with van der Waals surface area (Å²) in [5.41, 5.74) is 0.511. The zero-order valence-corrected chi connectivity index (χ0v) is 14.9. The van der Waals surface area contributed by atoms with Gasteiger partial charge in [0.2, 0.25) is 0 Å². The summed E-state index contributed by atoms with van der Waals surface area (Å²) in [6.45, 7) is 3.51. The Hall–Kier alpha value is -1.89. The number of benzene rings is 1. The van der Waals surface area contributed by atoms with Crippen LogP contribution in [0.2, 0.25) is 5.02 Å². The number of carbonyl (C=O) groups is 1. The molecule has 0 aliphatic carbocycles. The molecule has 2 aromatic rings. The maximum Gasteiger partial charge on any atom is 0.257 e. The van der Waals surface area contributed by atoms with Crippen LogP contribution in [-0.4, -0.2) is 41.4 Å². The highest BCUT2D eigenvalue weighted by Gasteiger charge is 2.30. The van der Waals surface area contributed by atoms with E-state index >= 15 is 0 Å². The van der Waals surface area contributed by atoms with E-state index in [-0.39, 0.29) is 12.5 Å². The number of hydrogen-bond acceptors (Lipinski definition) is 5. The fraction of sp³-hybridized carbons (Fsp3) is 0.444. The lowest BCUT2D eigenvalue weighted by atomic mass is 9.94. The van der Waals surface area contributed by atoms with Crippen molar-refractivity contribution in [3.05, 3.63) is 40.6 Å². The number of carbonyl (C=O) groups excluding carboxylic acids is 1. The first-order valence-electron chi connectivity index (χ1n) is 8.43. The van der Waals surface area contributed by atoms with Crippen molar-refractivity contribution in [2.24, 2.45) is 0 Å². The van der Waals surface area contributed by atoms with Gasteiger partial charge in [-0.15, -0.1) is 0 Å². The smallest absolute Gasteiger partial charge is 0.257 e. The van der Waals surface area contributed by atoms with Crippen molar-refractivity contribution in [2.45, 2.75) is 31.8 Å². The first-order chi connectivity index (χ1) is 12.0. The van der Waals surface area contributed by atoms with Crippen LogP contribution in [0.4, 0.5) is 0 Å². The molecule has 1 fully saturated rings. The molecule has 1 amide bonds. The van der Waals surface area contributed by atoms with E-state index < -0.39 is 5.60 Å². The molecule has 25 heavy (non-hydrogen) atoms. The molecule has 3 rings (SSSR count). The fourth-order valence-electron chi connectivity index (χ4n) is 3.10. The van der Waals surface area contributed by atoms with E-state index in [9.17, 15) is 9.90 Å². The van der Waals surface area contributed by atoms with E-state index in [0.717, 1.165) is 19.5 Å². The molecule has 2 heterocycles. The van der Waals surface area contributed by atoms with E-state index in [1.54, 1.807) is 19.1 Å². The highest BCUT2D eigenvalue weighted by molar-refractivity contribution is 6.33. The predicted molar refractivity (Wildman–Crippen MR) is 95.7 cm³/mol. The first kappa shape index (κ1) is 17.9. The van der Waals surface area contributed by atoms with Crippen LogP contribution in [0.5, 0.6) is 0 Å². The Morgan fingerprint density at radius 3 is 3.00 bits per heavy atom. The molecule has 7 heteroatoms. The third kappa shape index (κ3) is 4.03. The Morgan fingerprint density at radius 2 is 2.20 bits per heavy atom.